The Morgan fingerprint density at radius 2 is 0.519 bits per heavy atom. The van der Waals surface area contributed by atoms with E-state index in [-0.39, 0.29) is 0 Å². The molecule has 6 nitrogen and oxygen atoms in total. The van der Waals surface area contributed by atoms with Crippen molar-refractivity contribution in [3.8, 4) is 84.6 Å². The molecule has 0 bridgehead atoms. The molecule has 0 fully saturated rings. The third-order valence-electron chi connectivity index (χ3n) is 16.1. The van der Waals surface area contributed by atoms with Crippen molar-refractivity contribution in [1.82, 2.24) is 28.7 Å². The summed E-state index contributed by atoms with van der Waals surface area (Å²) in [6.07, 6.45) is 0. The van der Waals surface area contributed by atoms with Gasteiger partial charge in [0.1, 0.15) is 0 Å². The predicted octanol–water partition coefficient (Wildman–Crippen LogP) is 19.2. The quantitative estimate of drug-likeness (QED) is 0.145. The number of fused-ring (bicyclic) bond motifs is 9. The highest BCUT2D eigenvalue weighted by Crippen LogP contribution is 2.48. The van der Waals surface area contributed by atoms with Crippen LogP contribution < -0.4 is 0 Å². The van der Waals surface area contributed by atoms with Crippen LogP contribution in [0.2, 0.25) is 0 Å². The van der Waals surface area contributed by atoms with Crippen LogP contribution in [0.5, 0.6) is 0 Å². The summed E-state index contributed by atoms with van der Waals surface area (Å²) in [5, 5.41) is 7.11. The molecule has 0 radical (unpaired) electrons. The largest absolute Gasteiger partial charge is 0.309 e. The molecule has 0 N–H and O–H groups in total. The van der Waals surface area contributed by atoms with Gasteiger partial charge in [-0.1, -0.05) is 224 Å². The van der Waals surface area contributed by atoms with Crippen LogP contribution in [0.25, 0.3) is 150 Å². The molecular weight excluding hydrogens is 985 g/mol. The molecule has 0 aliphatic heterocycles. The van der Waals surface area contributed by atoms with Gasteiger partial charge in [0.2, 0.25) is 0 Å². The molecule has 16 rings (SSSR count). The normalized spacial score (nSPS) is 11.7. The number of hydrogen-bond acceptors (Lipinski definition) is 3. The summed E-state index contributed by atoms with van der Waals surface area (Å²) in [6, 6.07) is 105. The van der Waals surface area contributed by atoms with Crippen molar-refractivity contribution in [2.45, 2.75) is 0 Å². The minimum Gasteiger partial charge on any atom is -0.309 e. The topological polar surface area (TPSA) is 53.5 Å². The highest BCUT2D eigenvalue weighted by atomic mass is 15.0. The van der Waals surface area contributed by atoms with Crippen LogP contribution in [0, 0.1) is 0 Å². The second kappa shape index (κ2) is 18.9. The average molecular weight is 1030 g/mol. The maximum atomic E-state index is 5.47. The minimum absolute atomic E-state index is 0.565. The van der Waals surface area contributed by atoms with Crippen LogP contribution >= 0.6 is 0 Å². The van der Waals surface area contributed by atoms with Crippen molar-refractivity contribution in [3.63, 3.8) is 0 Å². The fourth-order valence-corrected chi connectivity index (χ4v) is 12.5. The van der Waals surface area contributed by atoms with Gasteiger partial charge in [0.25, 0.3) is 0 Å². The Hall–Kier alpha value is -11.0. The van der Waals surface area contributed by atoms with Gasteiger partial charge in [-0.05, 0) is 77.9 Å². The molecule has 4 heterocycles. The molecule has 4 aromatic heterocycles. The fourth-order valence-electron chi connectivity index (χ4n) is 12.5. The molecule has 16 aromatic rings. The number of nitrogens with zero attached hydrogens (tertiary/aromatic N) is 6. The first-order valence-corrected chi connectivity index (χ1v) is 27.5. The monoisotopic (exact) mass is 1030 g/mol. The molecule has 0 unspecified atom stereocenters. The third-order valence-corrected chi connectivity index (χ3v) is 16.1. The van der Waals surface area contributed by atoms with Crippen molar-refractivity contribution < 1.29 is 0 Å². The van der Waals surface area contributed by atoms with E-state index in [1.807, 2.05) is 36.4 Å². The Morgan fingerprint density at radius 1 is 0.198 bits per heavy atom. The van der Waals surface area contributed by atoms with E-state index in [1.165, 1.54) is 27.1 Å². The van der Waals surface area contributed by atoms with Gasteiger partial charge in [-0.25, -0.2) is 15.0 Å². The maximum absolute atomic E-state index is 5.47. The molecule has 378 valence electrons. The van der Waals surface area contributed by atoms with E-state index in [1.54, 1.807) is 0 Å². The third kappa shape index (κ3) is 7.53. The molecule has 81 heavy (non-hydrogen) atoms. The number of para-hydroxylation sites is 7. The Morgan fingerprint density at radius 3 is 0.951 bits per heavy atom. The lowest BCUT2D eigenvalue weighted by Crippen LogP contribution is -2.07. The van der Waals surface area contributed by atoms with Crippen LogP contribution in [0.1, 0.15) is 0 Å². The molecule has 12 aromatic carbocycles. The Labute approximate surface area is 467 Å². The lowest BCUT2D eigenvalue weighted by Gasteiger charge is -2.24. The Balaban J connectivity index is 1.09. The number of hydrogen-bond donors (Lipinski definition) is 0. The first-order chi connectivity index (χ1) is 40.2. The van der Waals surface area contributed by atoms with E-state index in [9.17, 15) is 0 Å². The number of aromatic nitrogens is 6. The molecule has 0 aliphatic rings. The zero-order valence-corrected chi connectivity index (χ0v) is 43.9. The molecule has 0 spiro atoms. The van der Waals surface area contributed by atoms with Crippen LogP contribution in [0.15, 0.2) is 291 Å². The van der Waals surface area contributed by atoms with Crippen molar-refractivity contribution >= 4 is 65.4 Å². The van der Waals surface area contributed by atoms with Crippen LogP contribution in [-0.4, -0.2) is 28.7 Å². The second-order valence-electron chi connectivity index (χ2n) is 20.7. The van der Waals surface area contributed by atoms with E-state index in [0.717, 1.165) is 105 Å². The number of rotatable bonds is 9. The Kier molecular flexibility index (Phi) is 10.8. The molecule has 0 amide bonds. The molecule has 0 atom stereocenters. The molecule has 0 aliphatic carbocycles. The average Bonchev–Trinajstić information content (AvgIpc) is 4.31. The highest BCUT2D eigenvalue weighted by Gasteiger charge is 2.28. The lowest BCUT2D eigenvalue weighted by atomic mass is 9.90. The molecule has 0 saturated heterocycles. The minimum atomic E-state index is 0.565. The van der Waals surface area contributed by atoms with Crippen molar-refractivity contribution in [3.05, 3.63) is 291 Å². The van der Waals surface area contributed by atoms with E-state index < -0.39 is 0 Å². The van der Waals surface area contributed by atoms with Crippen molar-refractivity contribution in [1.29, 1.82) is 0 Å². The molecule has 6 heteroatoms. The van der Waals surface area contributed by atoms with Gasteiger partial charge < -0.3 is 13.7 Å². The summed E-state index contributed by atoms with van der Waals surface area (Å²) in [4.78, 5) is 16.1. The summed E-state index contributed by atoms with van der Waals surface area (Å²) in [5.74, 6) is 1.76. The summed E-state index contributed by atoms with van der Waals surface area (Å²) >= 11 is 0. The summed E-state index contributed by atoms with van der Waals surface area (Å²) in [6.45, 7) is 0. The lowest BCUT2D eigenvalue weighted by molar-refractivity contribution is 1.07. The van der Waals surface area contributed by atoms with Crippen LogP contribution in [0.3, 0.4) is 0 Å². The zero-order chi connectivity index (χ0) is 53.4. The SMILES string of the molecule is c1ccc(-c2ccc3c(c2)c2ccccc2n3-c2c(-c3ccccc3-n3c4ccccc4c4ccccc43)cc(-c3nc(-c4ccccc4)nc(-c4ccccc4)n3)cc2-c2ccccc2-n2c3ccccc3c3ccccc32)cc1. The molecular formula is C75H48N6. The van der Waals surface area contributed by atoms with E-state index in [0.29, 0.717) is 17.5 Å². The van der Waals surface area contributed by atoms with Gasteiger partial charge >= 0.3 is 0 Å². The first kappa shape index (κ1) is 46.2. The van der Waals surface area contributed by atoms with Crippen molar-refractivity contribution in [2.75, 3.05) is 0 Å². The van der Waals surface area contributed by atoms with Crippen LogP contribution in [-0.2, 0) is 0 Å². The summed E-state index contributed by atoms with van der Waals surface area (Å²) in [5.41, 5.74) is 18.9. The Bertz CT molecular complexity index is 4770. The van der Waals surface area contributed by atoms with E-state index in [2.05, 4.69) is 268 Å². The van der Waals surface area contributed by atoms with Gasteiger partial charge in [0, 0.05) is 71.3 Å². The maximum Gasteiger partial charge on any atom is 0.164 e. The van der Waals surface area contributed by atoms with Crippen molar-refractivity contribution in [2.24, 2.45) is 0 Å². The van der Waals surface area contributed by atoms with E-state index >= 15 is 0 Å². The zero-order valence-electron chi connectivity index (χ0n) is 43.9. The van der Waals surface area contributed by atoms with Gasteiger partial charge in [-0.15, -0.1) is 0 Å². The highest BCUT2D eigenvalue weighted by molar-refractivity contribution is 6.14. The van der Waals surface area contributed by atoms with Gasteiger partial charge in [-0.2, -0.15) is 0 Å². The fraction of sp³-hybridized carbons (Fsp3) is 0. The molecule has 0 saturated carbocycles. The van der Waals surface area contributed by atoms with Gasteiger partial charge in [0.05, 0.1) is 50.2 Å². The summed E-state index contributed by atoms with van der Waals surface area (Å²) < 4.78 is 7.42. The van der Waals surface area contributed by atoms with Gasteiger partial charge in [-0.3, -0.25) is 0 Å². The summed E-state index contributed by atoms with van der Waals surface area (Å²) in [7, 11) is 0. The second-order valence-corrected chi connectivity index (χ2v) is 20.7. The van der Waals surface area contributed by atoms with Crippen LogP contribution in [0.4, 0.5) is 0 Å². The van der Waals surface area contributed by atoms with Gasteiger partial charge in [0.15, 0.2) is 17.5 Å². The first-order valence-electron chi connectivity index (χ1n) is 27.5. The standard InChI is InChI=1S/C75H48N6/c1-4-24-49(25-5-1)52-44-45-71-61(46-52)58-34-14-23-43-70(58)81(71)72-62(59-35-15-21-41-68(59)79-64-37-17-10-30-54(64)55-31-11-18-38-65(55)79)47-53(75-77-73(50-26-6-2-7-27-50)76-74(78-75)51-28-8-3-9-29-51)48-63(72)60-36-16-22-42-69(60)80-66-39-19-12-32-56(66)57-33-13-20-40-67(57)80/h1-48H. The number of benzene rings is 12. The predicted molar refractivity (Wildman–Crippen MR) is 335 cm³/mol. The smallest absolute Gasteiger partial charge is 0.164 e. The van der Waals surface area contributed by atoms with E-state index in [4.69, 9.17) is 15.0 Å².